The SMILES string of the molecule is S=c1[nH]nc(Cn2ccnc2)o1. The van der Waals surface area contributed by atoms with Crippen molar-refractivity contribution in [3.8, 4) is 0 Å². The Balaban J connectivity index is 2.19. The van der Waals surface area contributed by atoms with Crippen LogP contribution in [0.15, 0.2) is 23.1 Å². The molecule has 6 heteroatoms. The number of rotatable bonds is 2. The van der Waals surface area contributed by atoms with Gasteiger partial charge < -0.3 is 8.98 Å². The van der Waals surface area contributed by atoms with Gasteiger partial charge in [-0.3, -0.25) is 0 Å². The van der Waals surface area contributed by atoms with Gasteiger partial charge in [0.15, 0.2) is 0 Å². The maximum Gasteiger partial charge on any atom is 0.284 e. The van der Waals surface area contributed by atoms with Gasteiger partial charge in [0.2, 0.25) is 5.89 Å². The van der Waals surface area contributed by atoms with Crippen LogP contribution in [-0.2, 0) is 6.54 Å². The van der Waals surface area contributed by atoms with E-state index in [2.05, 4.69) is 15.2 Å². The first-order chi connectivity index (χ1) is 5.84. The van der Waals surface area contributed by atoms with Crippen molar-refractivity contribution in [1.29, 1.82) is 0 Å². The minimum Gasteiger partial charge on any atom is -0.412 e. The van der Waals surface area contributed by atoms with Crippen LogP contribution in [-0.4, -0.2) is 19.7 Å². The highest BCUT2D eigenvalue weighted by Crippen LogP contribution is 1.97. The maximum absolute atomic E-state index is 5.06. The summed E-state index contributed by atoms with van der Waals surface area (Å²) in [7, 11) is 0. The lowest BCUT2D eigenvalue weighted by molar-refractivity contribution is 0.466. The van der Waals surface area contributed by atoms with Gasteiger partial charge in [0.1, 0.15) is 6.54 Å². The number of H-pyrrole nitrogens is 1. The van der Waals surface area contributed by atoms with Crippen molar-refractivity contribution in [2.45, 2.75) is 6.54 Å². The topological polar surface area (TPSA) is 59.6 Å². The van der Waals surface area contributed by atoms with Gasteiger partial charge in [0, 0.05) is 12.4 Å². The monoisotopic (exact) mass is 182 g/mol. The number of aromatic amines is 1. The van der Waals surface area contributed by atoms with Crippen LogP contribution in [0.25, 0.3) is 0 Å². The van der Waals surface area contributed by atoms with Gasteiger partial charge in [0.25, 0.3) is 4.84 Å². The molecule has 62 valence electrons. The molecule has 2 aromatic heterocycles. The summed E-state index contributed by atoms with van der Waals surface area (Å²) >= 11 is 4.72. The normalized spacial score (nSPS) is 10.3. The van der Waals surface area contributed by atoms with Crippen molar-refractivity contribution < 1.29 is 4.42 Å². The standard InChI is InChI=1S/C6H6N4OS/c12-6-9-8-5(11-6)3-10-2-1-7-4-10/h1-2,4H,3H2,(H,9,12). The molecule has 1 N–H and O–H groups in total. The third-order valence-electron chi connectivity index (χ3n) is 1.36. The second-order valence-electron chi connectivity index (χ2n) is 2.24. The molecule has 2 heterocycles. The van der Waals surface area contributed by atoms with Crippen LogP contribution in [0, 0.1) is 4.84 Å². The number of nitrogens with one attached hydrogen (secondary N) is 1. The Morgan fingerprint density at radius 1 is 1.67 bits per heavy atom. The molecule has 12 heavy (non-hydrogen) atoms. The third-order valence-corrected chi connectivity index (χ3v) is 1.53. The van der Waals surface area contributed by atoms with Crippen molar-refractivity contribution in [1.82, 2.24) is 19.7 Å². The summed E-state index contributed by atoms with van der Waals surface area (Å²) in [5, 5.41) is 6.39. The lowest BCUT2D eigenvalue weighted by Crippen LogP contribution is -1.96. The fourth-order valence-electron chi connectivity index (χ4n) is 0.865. The third kappa shape index (κ3) is 1.42. The molecule has 0 aliphatic rings. The number of imidazole rings is 1. The van der Waals surface area contributed by atoms with E-state index in [0.29, 0.717) is 17.3 Å². The minimum absolute atomic E-state index is 0.296. The molecule has 0 aromatic carbocycles. The van der Waals surface area contributed by atoms with Crippen molar-refractivity contribution >= 4 is 12.2 Å². The average Bonchev–Trinajstić information content (AvgIpc) is 2.63. The molecular weight excluding hydrogens is 176 g/mol. The quantitative estimate of drug-likeness (QED) is 0.703. The average molecular weight is 182 g/mol. The molecule has 0 amide bonds. The van der Waals surface area contributed by atoms with Crippen LogP contribution in [0.4, 0.5) is 0 Å². The van der Waals surface area contributed by atoms with Crippen LogP contribution in [0.2, 0.25) is 0 Å². The first-order valence-corrected chi connectivity index (χ1v) is 3.75. The molecular formula is C6H6N4OS. The summed E-state index contributed by atoms with van der Waals surface area (Å²) in [4.78, 5) is 4.18. The summed E-state index contributed by atoms with van der Waals surface area (Å²) in [5.74, 6) is 0.554. The summed E-state index contributed by atoms with van der Waals surface area (Å²) < 4.78 is 6.90. The zero-order valence-electron chi connectivity index (χ0n) is 6.10. The van der Waals surface area contributed by atoms with E-state index in [1.54, 1.807) is 12.5 Å². The number of nitrogens with zero attached hydrogens (tertiary/aromatic N) is 3. The smallest absolute Gasteiger partial charge is 0.284 e. The first kappa shape index (κ1) is 7.23. The lowest BCUT2D eigenvalue weighted by atomic mass is 10.6. The molecule has 0 fully saturated rings. The zero-order valence-corrected chi connectivity index (χ0v) is 6.91. The van der Waals surface area contributed by atoms with E-state index in [1.807, 2.05) is 10.8 Å². The predicted molar refractivity (Wildman–Crippen MR) is 43.0 cm³/mol. The largest absolute Gasteiger partial charge is 0.412 e. The molecule has 0 atom stereocenters. The lowest BCUT2D eigenvalue weighted by Gasteiger charge is -1.93. The van der Waals surface area contributed by atoms with Gasteiger partial charge in [-0.1, -0.05) is 0 Å². The van der Waals surface area contributed by atoms with Crippen molar-refractivity contribution in [3.63, 3.8) is 0 Å². The second kappa shape index (κ2) is 2.90. The zero-order chi connectivity index (χ0) is 8.39. The van der Waals surface area contributed by atoms with E-state index in [0.717, 1.165) is 0 Å². The Morgan fingerprint density at radius 2 is 2.58 bits per heavy atom. The molecule has 0 spiro atoms. The van der Waals surface area contributed by atoms with E-state index in [9.17, 15) is 0 Å². The molecule has 0 bridgehead atoms. The van der Waals surface area contributed by atoms with E-state index in [1.165, 1.54) is 0 Å². The Hall–Kier alpha value is -1.43. The van der Waals surface area contributed by atoms with E-state index in [-0.39, 0.29) is 0 Å². The van der Waals surface area contributed by atoms with E-state index < -0.39 is 0 Å². The molecule has 0 saturated heterocycles. The summed E-state index contributed by atoms with van der Waals surface area (Å²) in [6.07, 6.45) is 5.21. The Morgan fingerprint density at radius 3 is 3.17 bits per heavy atom. The summed E-state index contributed by atoms with van der Waals surface area (Å²) in [6, 6.07) is 0. The number of hydrogen-bond donors (Lipinski definition) is 1. The van der Waals surface area contributed by atoms with Crippen LogP contribution in [0.5, 0.6) is 0 Å². The van der Waals surface area contributed by atoms with Gasteiger partial charge >= 0.3 is 0 Å². The minimum atomic E-state index is 0.296. The molecule has 0 unspecified atom stereocenters. The number of aromatic nitrogens is 4. The van der Waals surface area contributed by atoms with Gasteiger partial charge in [-0.2, -0.15) is 0 Å². The Bertz CT molecular complexity index is 401. The van der Waals surface area contributed by atoms with Crippen molar-refractivity contribution in [2.24, 2.45) is 0 Å². The van der Waals surface area contributed by atoms with E-state index >= 15 is 0 Å². The molecule has 5 nitrogen and oxygen atoms in total. The molecule has 0 radical (unpaired) electrons. The molecule has 0 aliphatic heterocycles. The van der Waals surface area contributed by atoms with Crippen molar-refractivity contribution in [3.05, 3.63) is 29.4 Å². The molecule has 2 rings (SSSR count). The van der Waals surface area contributed by atoms with Crippen LogP contribution in [0.3, 0.4) is 0 Å². The van der Waals surface area contributed by atoms with Crippen molar-refractivity contribution in [2.75, 3.05) is 0 Å². The highest BCUT2D eigenvalue weighted by atomic mass is 32.1. The highest BCUT2D eigenvalue weighted by Gasteiger charge is 1.98. The van der Waals surface area contributed by atoms with Crippen LogP contribution < -0.4 is 0 Å². The van der Waals surface area contributed by atoms with Gasteiger partial charge in [0.05, 0.1) is 6.33 Å². The predicted octanol–water partition coefficient (Wildman–Crippen LogP) is 0.977. The molecule has 0 saturated carbocycles. The summed E-state index contributed by atoms with van der Waals surface area (Å²) in [5.41, 5.74) is 0. The van der Waals surface area contributed by atoms with Gasteiger partial charge in [-0.15, -0.1) is 5.10 Å². The van der Waals surface area contributed by atoms with Gasteiger partial charge in [-0.05, 0) is 12.2 Å². The van der Waals surface area contributed by atoms with Gasteiger partial charge in [-0.25, -0.2) is 10.1 Å². The maximum atomic E-state index is 5.06. The summed E-state index contributed by atoms with van der Waals surface area (Å²) in [6.45, 7) is 0.549. The molecule has 0 aliphatic carbocycles. The first-order valence-electron chi connectivity index (χ1n) is 3.35. The fourth-order valence-corrected chi connectivity index (χ4v) is 1.01. The van der Waals surface area contributed by atoms with Crippen LogP contribution in [0.1, 0.15) is 5.89 Å². The highest BCUT2D eigenvalue weighted by molar-refractivity contribution is 7.71. The van der Waals surface area contributed by atoms with E-state index in [4.69, 9.17) is 16.6 Å². The Kier molecular flexibility index (Phi) is 1.75. The Labute approximate surface area is 73.1 Å². The molecule has 2 aromatic rings. The number of hydrogen-bond acceptors (Lipinski definition) is 4. The fraction of sp³-hybridized carbons (Fsp3) is 0.167. The second-order valence-corrected chi connectivity index (χ2v) is 2.61. The van der Waals surface area contributed by atoms with Crippen LogP contribution >= 0.6 is 12.2 Å².